The summed E-state index contributed by atoms with van der Waals surface area (Å²) in [6.45, 7) is 0.867. The number of anilines is 2. The van der Waals surface area contributed by atoms with Gasteiger partial charge in [0.25, 0.3) is 5.91 Å². The fourth-order valence-electron chi connectivity index (χ4n) is 3.04. The number of nitrogens with zero attached hydrogens (tertiary/aromatic N) is 1. The van der Waals surface area contributed by atoms with E-state index in [1.807, 2.05) is 18.2 Å². The molecule has 0 aliphatic carbocycles. The molecule has 0 spiro atoms. The first kappa shape index (κ1) is 11.8. The van der Waals surface area contributed by atoms with Crippen LogP contribution in [0.2, 0.25) is 0 Å². The van der Waals surface area contributed by atoms with Gasteiger partial charge in [0, 0.05) is 17.5 Å². The van der Waals surface area contributed by atoms with E-state index in [4.69, 9.17) is 4.74 Å². The van der Waals surface area contributed by atoms with Crippen molar-refractivity contribution in [3.8, 4) is 5.75 Å². The molecule has 0 saturated heterocycles. The van der Waals surface area contributed by atoms with Crippen LogP contribution in [0.1, 0.15) is 16.5 Å². The summed E-state index contributed by atoms with van der Waals surface area (Å²) in [6, 6.07) is 7.65. The number of rotatable bonds is 1. The van der Waals surface area contributed by atoms with E-state index in [9.17, 15) is 4.79 Å². The summed E-state index contributed by atoms with van der Waals surface area (Å²) < 4.78 is 5.30. The molecule has 20 heavy (non-hydrogen) atoms. The molecule has 1 aromatic heterocycles. The van der Waals surface area contributed by atoms with E-state index in [0.717, 1.165) is 35.7 Å². The maximum atomic E-state index is 12.4. The van der Waals surface area contributed by atoms with Crippen molar-refractivity contribution in [2.45, 2.75) is 12.5 Å². The zero-order valence-corrected chi connectivity index (χ0v) is 11.9. The Bertz CT molecular complexity index is 695. The van der Waals surface area contributed by atoms with Crippen molar-refractivity contribution in [3.05, 3.63) is 40.1 Å². The van der Waals surface area contributed by atoms with Crippen LogP contribution in [0.15, 0.2) is 29.6 Å². The fourth-order valence-corrected chi connectivity index (χ4v) is 3.95. The minimum absolute atomic E-state index is 0.0574. The predicted molar refractivity (Wildman–Crippen MR) is 79.7 cm³/mol. The smallest absolute Gasteiger partial charge is 0.251 e. The zero-order chi connectivity index (χ0) is 13.7. The lowest BCUT2D eigenvalue weighted by atomic mass is 9.95. The van der Waals surface area contributed by atoms with E-state index in [1.165, 1.54) is 4.88 Å². The van der Waals surface area contributed by atoms with Crippen molar-refractivity contribution in [3.63, 3.8) is 0 Å². The summed E-state index contributed by atoms with van der Waals surface area (Å²) in [5.74, 6) is 0.872. The number of carbonyl (C=O) groups is 1. The summed E-state index contributed by atoms with van der Waals surface area (Å²) in [5.41, 5.74) is 3.06. The van der Waals surface area contributed by atoms with E-state index in [-0.39, 0.29) is 11.9 Å². The van der Waals surface area contributed by atoms with Crippen molar-refractivity contribution in [2.75, 3.05) is 23.9 Å². The van der Waals surface area contributed by atoms with E-state index in [1.54, 1.807) is 18.4 Å². The third-order valence-electron chi connectivity index (χ3n) is 3.99. The molecule has 5 heteroatoms. The Morgan fingerprint density at radius 3 is 3.15 bits per heavy atom. The van der Waals surface area contributed by atoms with Gasteiger partial charge in [0.2, 0.25) is 0 Å². The Morgan fingerprint density at radius 2 is 2.30 bits per heavy atom. The quantitative estimate of drug-likeness (QED) is 0.876. The van der Waals surface area contributed by atoms with Gasteiger partial charge in [-0.2, -0.15) is 0 Å². The van der Waals surface area contributed by atoms with Gasteiger partial charge >= 0.3 is 0 Å². The lowest BCUT2D eigenvalue weighted by Gasteiger charge is -2.41. The Labute approximate surface area is 121 Å². The third-order valence-corrected chi connectivity index (χ3v) is 4.98. The molecule has 1 aromatic carbocycles. The maximum Gasteiger partial charge on any atom is 0.251 e. The van der Waals surface area contributed by atoms with Crippen LogP contribution >= 0.6 is 11.3 Å². The second-order valence-electron chi connectivity index (χ2n) is 5.02. The molecular weight excluding hydrogens is 272 g/mol. The number of methoxy groups -OCH3 is 1. The molecule has 0 bridgehead atoms. The fraction of sp³-hybridized carbons (Fsp3) is 0.267. The second-order valence-corrected chi connectivity index (χ2v) is 6.02. The highest BCUT2D eigenvalue weighted by molar-refractivity contribution is 7.10. The van der Waals surface area contributed by atoms with Crippen LogP contribution in [-0.4, -0.2) is 19.6 Å². The van der Waals surface area contributed by atoms with Crippen molar-refractivity contribution in [1.29, 1.82) is 0 Å². The SMILES string of the molecule is COc1ccc2c(c1)N1CCc3sccc3C1C(=O)N2. The third kappa shape index (κ3) is 1.56. The predicted octanol–water partition coefficient (Wildman–Crippen LogP) is 2.81. The van der Waals surface area contributed by atoms with Gasteiger partial charge < -0.3 is 15.0 Å². The molecule has 4 nitrogen and oxygen atoms in total. The molecule has 3 heterocycles. The summed E-state index contributed by atoms with van der Waals surface area (Å²) in [4.78, 5) is 15.9. The molecule has 1 unspecified atom stereocenters. The van der Waals surface area contributed by atoms with Crippen LogP contribution in [0.4, 0.5) is 11.4 Å². The number of fused-ring (bicyclic) bond motifs is 5. The number of amides is 1. The summed E-state index contributed by atoms with van der Waals surface area (Å²) in [7, 11) is 1.66. The first-order valence-electron chi connectivity index (χ1n) is 6.60. The molecule has 0 radical (unpaired) electrons. The first-order chi connectivity index (χ1) is 9.78. The monoisotopic (exact) mass is 286 g/mol. The summed E-state index contributed by atoms with van der Waals surface area (Å²) >= 11 is 1.74. The van der Waals surface area contributed by atoms with Gasteiger partial charge in [-0.25, -0.2) is 0 Å². The van der Waals surface area contributed by atoms with Crippen molar-refractivity contribution >= 4 is 28.6 Å². The van der Waals surface area contributed by atoms with Crippen LogP contribution in [0.5, 0.6) is 5.75 Å². The van der Waals surface area contributed by atoms with E-state index in [2.05, 4.69) is 21.7 Å². The zero-order valence-electron chi connectivity index (χ0n) is 11.1. The van der Waals surface area contributed by atoms with Crippen LogP contribution in [0, 0.1) is 0 Å². The summed E-state index contributed by atoms with van der Waals surface area (Å²) in [6.07, 6.45) is 0.993. The lowest BCUT2D eigenvalue weighted by molar-refractivity contribution is -0.117. The van der Waals surface area contributed by atoms with E-state index in [0.29, 0.717) is 0 Å². The van der Waals surface area contributed by atoms with Crippen LogP contribution in [0.3, 0.4) is 0 Å². The maximum absolute atomic E-state index is 12.4. The van der Waals surface area contributed by atoms with Gasteiger partial charge in [-0.05, 0) is 35.6 Å². The van der Waals surface area contributed by atoms with Gasteiger partial charge in [0.15, 0.2) is 0 Å². The number of carbonyl (C=O) groups excluding carboxylic acids is 1. The van der Waals surface area contributed by atoms with Gasteiger partial charge in [-0.3, -0.25) is 4.79 Å². The molecule has 102 valence electrons. The van der Waals surface area contributed by atoms with Crippen molar-refractivity contribution < 1.29 is 9.53 Å². The minimum atomic E-state index is -0.204. The highest BCUT2D eigenvalue weighted by Gasteiger charge is 2.38. The second kappa shape index (κ2) is 4.24. The summed E-state index contributed by atoms with van der Waals surface area (Å²) in [5, 5.41) is 5.08. The highest BCUT2D eigenvalue weighted by atomic mass is 32.1. The topological polar surface area (TPSA) is 41.6 Å². The van der Waals surface area contributed by atoms with Crippen molar-refractivity contribution in [2.24, 2.45) is 0 Å². The lowest BCUT2D eigenvalue weighted by Crippen LogP contribution is -2.45. The Morgan fingerprint density at radius 1 is 1.40 bits per heavy atom. The van der Waals surface area contributed by atoms with Gasteiger partial charge in [0.05, 0.1) is 18.5 Å². The minimum Gasteiger partial charge on any atom is -0.497 e. The number of nitrogens with one attached hydrogen (secondary N) is 1. The number of thiophene rings is 1. The Hall–Kier alpha value is -2.01. The molecule has 2 aliphatic rings. The molecule has 1 amide bonds. The number of benzene rings is 1. The van der Waals surface area contributed by atoms with Gasteiger partial charge in [-0.1, -0.05) is 0 Å². The van der Waals surface area contributed by atoms with E-state index < -0.39 is 0 Å². The van der Waals surface area contributed by atoms with Crippen molar-refractivity contribution in [1.82, 2.24) is 0 Å². The molecule has 4 rings (SSSR count). The van der Waals surface area contributed by atoms with Crippen LogP contribution in [-0.2, 0) is 11.2 Å². The van der Waals surface area contributed by atoms with E-state index >= 15 is 0 Å². The standard InChI is InChI=1S/C15H14N2O2S/c1-19-9-2-3-11-12(8-9)17-6-4-13-10(5-7-20-13)14(17)15(18)16-11/h2-3,5,7-8,14H,4,6H2,1H3,(H,16,18). The highest BCUT2D eigenvalue weighted by Crippen LogP contribution is 2.44. The first-order valence-corrected chi connectivity index (χ1v) is 7.47. The molecule has 1 atom stereocenters. The number of ether oxygens (including phenoxy) is 1. The van der Waals surface area contributed by atoms with Crippen LogP contribution in [0.25, 0.3) is 0 Å². The molecular formula is C15H14N2O2S. The number of hydrogen-bond acceptors (Lipinski definition) is 4. The number of hydrogen-bond donors (Lipinski definition) is 1. The molecule has 2 aliphatic heterocycles. The average Bonchev–Trinajstić information content (AvgIpc) is 2.95. The Balaban J connectivity index is 1.86. The largest absolute Gasteiger partial charge is 0.497 e. The molecule has 1 N–H and O–H groups in total. The van der Waals surface area contributed by atoms with Gasteiger partial charge in [0.1, 0.15) is 11.8 Å². The average molecular weight is 286 g/mol. The molecule has 0 fully saturated rings. The normalized spacial score (nSPS) is 19.8. The molecule has 2 aromatic rings. The molecule has 0 saturated carbocycles. The Kier molecular flexibility index (Phi) is 2.50. The van der Waals surface area contributed by atoms with Gasteiger partial charge in [-0.15, -0.1) is 11.3 Å². The van der Waals surface area contributed by atoms with Crippen LogP contribution < -0.4 is 15.0 Å².